The maximum Gasteiger partial charge on any atom is 0.0641 e. The van der Waals surface area contributed by atoms with Crippen molar-refractivity contribution in [3.63, 3.8) is 0 Å². The van der Waals surface area contributed by atoms with E-state index in [-0.39, 0.29) is 0 Å². The summed E-state index contributed by atoms with van der Waals surface area (Å²) >= 11 is 9.37. The van der Waals surface area contributed by atoms with Crippen LogP contribution in [-0.2, 0) is 6.42 Å². The molecule has 0 spiro atoms. The van der Waals surface area contributed by atoms with Crippen molar-refractivity contribution >= 4 is 91.3 Å². The van der Waals surface area contributed by atoms with Crippen LogP contribution in [0, 0.1) is 0 Å². The number of hydrogen-bond acceptors (Lipinski definition) is 3. The molecule has 1 aliphatic rings. The normalized spacial score (nSPS) is 13.3. The lowest BCUT2D eigenvalue weighted by Crippen LogP contribution is -1.97. The Morgan fingerprint density at radius 1 is 0.711 bits per heavy atom. The van der Waals surface area contributed by atoms with E-state index in [0.717, 1.165) is 6.42 Å². The maximum atomic E-state index is 3.75. The molecule has 0 aliphatic heterocycles. The minimum Gasteiger partial charge on any atom is -0.310 e. The van der Waals surface area contributed by atoms with Crippen LogP contribution in [-0.4, -0.2) is 4.57 Å². The molecule has 0 saturated carbocycles. The molecule has 4 heterocycles. The molecule has 0 saturated heterocycles. The molecule has 38 heavy (non-hydrogen) atoms. The highest BCUT2D eigenvalue weighted by molar-refractivity contribution is 9.10. The van der Waals surface area contributed by atoms with Crippen LogP contribution in [0.25, 0.3) is 58.2 Å². The molecule has 1 aliphatic carbocycles. The molecule has 8 rings (SSSR count). The highest BCUT2D eigenvalue weighted by atomic mass is 79.9. The summed E-state index contributed by atoms with van der Waals surface area (Å²) in [5.74, 6) is 0. The van der Waals surface area contributed by atoms with Gasteiger partial charge < -0.3 is 4.57 Å². The minimum absolute atomic E-state index is 0.896. The average Bonchev–Trinajstić information content (AvgIpc) is 3.67. The van der Waals surface area contributed by atoms with Gasteiger partial charge in [0.15, 0.2) is 0 Å². The number of halogens is 1. The minimum atomic E-state index is 0.896. The second-order valence-electron chi connectivity index (χ2n) is 9.48. The van der Waals surface area contributed by atoms with Gasteiger partial charge in [0.2, 0.25) is 0 Å². The number of fused-ring (bicyclic) bond motifs is 6. The largest absolute Gasteiger partial charge is 0.310 e. The van der Waals surface area contributed by atoms with E-state index in [9.17, 15) is 0 Å². The van der Waals surface area contributed by atoms with Crippen molar-refractivity contribution in [2.75, 3.05) is 0 Å². The molecule has 5 heteroatoms. The lowest BCUT2D eigenvalue weighted by Gasteiger charge is -2.09. The Bertz CT molecular complexity index is 2050. The van der Waals surface area contributed by atoms with E-state index in [2.05, 4.69) is 128 Å². The fourth-order valence-electron chi connectivity index (χ4n) is 5.57. The molecule has 0 amide bonds. The van der Waals surface area contributed by atoms with Crippen molar-refractivity contribution in [2.24, 2.45) is 0 Å². The van der Waals surface area contributed by atoms with Crippen LogP contribution in [0.5, 0.6) is 0 Å². The summed E-state index contributed by atoms with van der Waals surface area (Å²) in [5, 5.41) is 5.88. The maximum absolute atomic E-state index is 3.75. The van der Waals surface area contributed by atoms with Crippen LogP contribution in [0.4, 0.5) is 0 Å². The van der Waals surface area contributed by atoms with E-state index in [1.54, 1.807) is 0 Å². The Balaban J connectivity index is 1.34. The van der Waals surface area contributed by atoms with Crippen LogP contribution < -0.4 is 0 Å². The summed E-state index contributed by atoms with van der Waals surface area (Å²) in [4.78, 5) is 0. The Hall–Kier alpha value is -3.22. The predicted octanol–water partition coefficient (Wildman–Crippen LogP) is 11.2. The van der Waals surface area contributed by atoms with Gasteiger partial charge in [0.1, 0.15) is 0 Å². The van der Waals surface area contributed by atoms with Gasteiger partial charge in [-0.25, -0.2) is 0 Å². The Morgan fingerprint density at radius 2 is 1.47 bits per heavy atom. The topological polar surface area (TPSA) is 4.93 Å². The second kappa shape index (κ2) is 8.92. The van der Waals surface area contributed by atoms with Gasteiger partial charge in [0.25, 0.3) is 0 Å². The van der Waals surface area contributed by atoms with Crippen molar-refractivity contribution in [1.29, 1.82) is 0 Å². The standard InChI is InChI=1S/C33H20BrNS3/c34-27-19-37-33-31(27)38-30-26(18-36-32(30)33)22-13-16-29-25(17-22)24-14-11-21(20-7-3-1-4-8-20)12-15-28(24)35(29)23-9-5-2-6-10-23/h1-13,15-19H,14H2. The zero-order valence-electron chi connectivity index (χ0n) is 20.1. The Labute approximate surface area is 240 Å². The highest BCUT2D eigenvalue weighted by Gasteiger charge is 2.21. The fourth-order valence-corrected chi connectivity index (χ4v) is 10.2. The number of rotatable bonds is 3. The number of aromatic nitrogens is 1. The van der Waals surface area contributed by atoms with Crippen LogP contribution >= 0.6 is 49.9 Å². The van der Waals surface area contributed by atoms with E-state index in [1.807, 2.05) is 34.0 Å². The fraction of sp³-hybridized carbons (Fsp3) is 0.0303. The van der Waals surface area contributed by atoms with Gasteiger partial charge in [0.05, 0.1) is 30.0 Å². The highest BCUT2D eigenvalue weighted by Crippen LogP contribution is 2.49. The first-order valence-corrected chi connectivity index (χ1v) is 15.9. The number of para-hydroxylation sites is 1. The summed E-state index contributed by atoms with van der Waals surface area (Å²) in [6.07, 6.45) is 7.86. The van der Waals surface area contributed by atoms with E-state index in [4.69, 9.17) is 0 Å². The third kappa shape index (κ3) is 3.46. The van der Waals surface area contributed by atoms with Gasteiger partial charge in [0, 0.05) is 31.9 Å². The zero-order chi connectivity index (χ0) is 25.2. The predicted molar refractivity (Wildman–Crippen MR) is 172 cm³/mol. The van der Waals surface area contributed by atoms with E-state index >= 15 is 0 Å². The molecule has 182 valence electrons. The SMILES string of the molecule is Brc1csc2c1sc1c(-c3ccc4c(c3)c3c(n4-c4ccccc4)C=CC(c4ccccc4)=CC3)csc12. The first-order valence-electron chi connectivity index (χ1n) is 12.5. The summed E-state index contributed by atoms with van der Waals surface area (Å²) in [6.45, 7) is 0. The van der Waals surface area contributed by atoms with Gasteiger partial charge in [-0.05, 0) is 75.0 Å². The Morgan fingerprint density at radius 3 is 2.32 bits per heavy atom. The molecule has 0 atom stereocenters. The number of nitrogens with zero attached hydrogens (tertiary/aromatic N) is 1. The van der Waals surface area contributed by atoms with Crippen LogP contribution in [0.3, 0.4) is 0 Å². The third-order valence-corrected chi connectivity index (χ3v) is 12.2. The van der Waals surface area contributed by atoms with Crippen molar-refractivity contribution in [2.45, 2.75) is 6.42 Å². The monoisotopic (exact) mass is 605 g/mol. The summed E-state index contributed by atoms with van der Waals surface area (Å²) in [5.41, 5.74) is 10.3. The number of allylic oxidation sites excluding steroid dienone is 3. The lowest BCUT2D eigenvalue weighted by molar-refractivity contribution is 1.09. The lowest BCUT2D eigenvalue weighted by atomic mass is 10.0. The quantitative estimate of drug-likeness (QED) is 0.189. The van der Waals surface area contributed by atoms with Gasteiger partial charge in [-0.2, -0.15) is 0 Å². The van der Waals surface area contributed by atoms with Gasteiger partial charge >= 0.3 is 0 Å². The number of benzene rings is 3. The summed E-state index contributed by atoms with van der Waals surface area (Å²) < 4.78 is 9.22. The molecular formula is C33H20BrNS3. The molecule has 0 N–H and O–H groups in total. The third-order valence-electron chi connectivity index (χ3n) is 7.35. The molecule has 0 radical (unpaired) electrons. The van der Waals surface area contributed by atoms with Gasteiger partial charge in [-0.3, -0.25) is 0 Å². The van der Waals surface area contributed by atoms with Crippen molar-refractivity contribution in [1.82, 2.24) is 4.57 Å². The second-order valence-corrected chi connectivity index (χ2v) is 13.1. The molecule has 0 fully saturated rings. The zero-order valence-corrected chi connectivity index (χ0v) is 24.2. The van der Waals surface area contributed by atoms with E-state index in [0.29, 0.717) is 0 Å². The molecule has 1 nitrogen and oxygen atoms in total. The smallest absolute Gasteiger partial charge is 0.0641 e. The molecule has 4 aromatic heterocycles. The van der Waals surface area contributed by atoms with Gasteiger partial charge in [-0.15, -0.1) is 34.0 Å². The average molecular weight is 607 g/mol. The Kier molecular flexibility index (Phi) is 5.34. The van der Waals surface area contributed by atoms with Crippen molar-refractivity contribution in [3.8, 4) is 16.8 Å². The molecule has 7 aromatic rings. The van der Waals surface area contributed by atoms with Crippen molar-refractivity contribution < 1.29 is 0 Å². The number of thiophene rings is 3. The van der Waals surface area contributed by atoms with Crippen LogP contribution in [0.1, 0.15) is 16.8 Å². The molecular weight excluding hydrogens is 586 g/mol. The first-order chi connectivity index (χ1) is 18.8. The summed E-state index contributed by atoms with van der Waals surface area (Å²) in [7, 11) is 0. The summed E-state index contributed by atoms with van der Waals surface area (Å²) in [6, 6.07) is 28.5. The van der Waals surface area contributed by atoms with Crippen LogP contribution in [0.2, 0.25) is 0 Å². The molecule has 0 bridgehead atoms. The number of hydrogen-bond donors (Lipinski definition) is 0. The molecule has 3 aromatic carbocycles. The van der Waals surface area contributed by atoms with E-state index in [1.165, 1.54) is 73.4 Å². The van der Waals surface area contributed by atoms with Crippen molar-refractivity contribution in [3.05, 3.63) is 123 Å². The molecule has 0 unspecified atom stereocenters. The van der Waals surface area contributed by atoms with Gasteiger partial charge in [-0.1, -0.05) is 66.7 Å². The van der Waals surface area contributed by atoms with Crippen LogP contribution in [0.15, 0.2) is 106 Å². The first kappa shape index (κ1) is 22.7. The van der Waals surface area contributed by atoms with E-state index < -0.39 is 0 Å².